The zero-order valence-electron chi connectivity index (χ0n) is 50.5. The first kappa shape index (κ1) is 74.3. The van der Waals surface area contributed by atoms with Crippen LogP contribution in [0.2, 0.25) is 0 Å². The second-order valence-corrected chi connectivity index (χ2v) is 22.5. The molecular formula is C67H117NO13. The summed E-state index contributed by atoms with van der Waals surface area (Å²) in [4.78, 5) is 13.3. The average molecular weight is 1140 g/mol. The number of carbonyl (C=O) groups is 1. The molecule has 9 N–H and O–H groups in total. The van der Waals surface area contributed by atoms with E-state index in [9.17, 15) is 45.6 Å². The third kappa shape index (κ3) is 36.6. The molecule has 1 amide bonds. The standard InChI is InChI=1S/C67H117NO13/c1-3-5-7-9-11-13-15-17-19-21-22-23-24-25-26-27-28-29-30-31-32-33-35-36-38-40-42-44-46-48-50-56(71)55(68-59(72)51-49-47-45-43-41-39-37-34-20-18-16-14-12-10-8-6-4-2)54-78-66-64(77)62(75)65(58(53-70)80-66)81-67-63(76)61(74)60(73)57(52-69)79-67/h6,8,12,14,18,20,33,35,37,39-40,42,48,50,55-58,60-67,69-71,73-77H,3-5,7,9-11,13,15-17,19,21-32,34,36,38,41,43-47,49,51-54H2,1-2H3,(H,68,72)/b8-6-,14-12-,20-18-,35-33+,39-37-,42-40+,50-48+. The fourth-order valence-electron chi connectivity index (χ4n) is 10.1. The van der Waals surface area contributed by atoms with Crippen molar-refractivity contribution in [2.45, 2.75) is 312 Å². The van der Waals surface area contributed by atoms with E-state index in [1.165, 1.54) is 128 Å². The molecule has 0 aromatic rings. The molecule has 2 rings (SSSR count). The van der Waals surface area contributed by atoms with Crippen molar-refractivity contribution in [2.75, 3.05) is 19.8 Å². The monoisotopic (exact) mass is 1140 g/mol. The minimum atomic E-state index is -1.80. The highest BCUT2D eigenvalue weighted by molar-refractivity contribution is 5.76. The maximum atomic E-state index is 13.3. The number of aliphatic hydroxyl groups is 8. The SMILES string of the molecule is CC/C=C\C/C=C\C/C=C\C/C=C\CCCCCCC(=O)NC(COC1OC(CO)C(OC2OC(CO)C(O)C(O)C2O)C(O)C1O)C(O)/C=C/CC/C=C/CC/C=C/CCCCCCCCCCCCCCCCCCCCCC. The summed E-state index contributed by atoms with van der Waals surface area (Å²) in [6.07, 6.45) is 53.6. The van der Waals surface area contributed by atoms with Gasteiger partial charge in [0.05, 0.1) is 32.0 Å². The van der Waals surface area contributed by atoms with Gasteiger partial charge in [-0.1, -0.05) is 234 Å². The molecule has 2 aliphatic rings. The Balaban J connectivity index is 1.74. The van der Waals surface area contributed by atoms with Gasteiger partial charge in [0, 0.05) is 6.42 Å². The molecule has 14 nitrogen and oxygen atoms in total. The highest BCUT2D eigenvalue weighted by atomic mass is 16.7. The van der Waals surface area contributed by atoms with Crippen LogP contribution in [-0.2, 0) is 23.7 Å². The van der Waals surface area contributed by atoms with Crippen LogP contribution in [0.1, 0.15) is 239 Å². The van der Waals surface area contributed by atoms with E-state index in [1.54, 1.807) is 6.08 Å². The Morgan fingerprint density at radius 3 is 1.36 bits per heavy atom. The molecule has 12 unspecified atom stereocenters. The van der Waals surface area contributed by atoms with E-state index in [1.807, 2.05) is 6.08 Å². The van der Waals surface area contributed by atoms with Crippen molar-refractivity contribution in [3.63, 3.8) is 0 Å². The molecule has 81 heavy (non-hydrogen) atoms. The van der Waals surface area contributed by atoms with E-state index < -0.39 is 86.8 Å². The van der Waals surface area contributed by atoms with Gasteiger partial charge in [0.25, 0.3) is 0 Å². The van der Waals surface area contributed by atoms with E-state index in [2.05, 4.69) is 92.1 Å². The minimum Gasteiger partial charge on any atom is -0.394 e. The van der Waals surface area contributed by atoms with Crippen molar-refractivity contribution in [2.24, 2.45) is 0 Å². The van der Waals surface area contributed by atoms with Crippen molar-refractivity contribution in [1.29, 1.82) is 0 Å². The van der Waals surface area contributed by atoms with Crippen LogP contribution in [0.15, 0.2) is 85.1 Å². The number of carbonyl (C=O) groups excluding carboxylic acids is 1. The first-order valence-electron chi connectivity index (χ1n) is 32.3. The molecule has 2 fully saturated rings. The second kappa shape index (κ2) is 51.6. The maximum absolute atomic E-state index is 13.3. The number of aliphatic hydroxyl groups excluding tert-OH is 8. The molecule has 0 spiro atoms. The van der Waals surface area contributed by atoms with Gasteiger partial charge in [0.1, 0.15) is 48.8 Å². The van der Waals surface area contributed by atoms with E-state index in [0.29, 0.717) is 12.8 Å². The molecule has 0 aromatic carbocycles. The summed E-state index contributed by atoms with van der Waals surface area (Å²) in [5, 5.41) is 87.1. The van der Waals surface area contributed by atoms with Crippen molar-refractivity contribution in [3.8, 4) is 0 Å². The molecule has 14 heteroatoms. The lowest BCUT2D eigenvalue weighted by atomic mass is 9.97. The van der Waals surface area contributed by atoms with Crippen LogP contribution >= 0.6 is 0 Å². The van der Waals surface area contributed by atoms with Gasteiger partial charge in [0.15, 0.2) is 12.6 Å². The normalized spacial score (nSPS) is 24.7. The molecule has 0 aromatic heterocycles. The Bertz CT molecular complexity index is 1680. The Kier molecular flexibility index (Phi) is 47.3. The maximum Gasteiger partial charge on any atom is 0.220 e. The summed E-state index contributed by atoms with van der Waals surface area (Å²) >= 11 is 0. The number of allylic oxidation sites excluding steroid dienone is 13. The topological polar surface area (TPSA) is 228 Å². The summed E-state index contributed by atoms with van der Waals surface area (Å²) in [7, 11) is 0. The van der Waals surface area contributed by atoms with Gasteiger partial charge in [-0.25, -0.2) is 0 Å². The number of hydrogen-bond donors (Lipinski definition) is 9. The molecular weight excluding hydrogens is 1030 g/mol. The number of unbranched alkanes of at least 4 members (excludes halogenated alkanes) is 26. The van der Waals surface area contributed by atoms with Gasteiger partial charge in [-0.15, -0.1) is 0 Å². The van der Waals surface area contributed by atoms with Crippen molar-refractivity contribution >= 4 is 5.91 Å². The third-order valence-corrected chi connectivity index (χ3v) is 15.3. The van der Waals surface area contributed by atoms with Crippen molar-refractivity contribution < 1.29 is 64.6 Å². The molecule has 0 aliphatic carbocycles. The van der Waals surface area contributed by atoms with Gasteiger partial charge < -0.3 is 65.1 Å². The van der Waals surface area contributed by atoms with Crippen LogP contribution in [0.4, 0.5) is 0 Å². The largest absolute Gasteiger partial charge is 0.394 e. The predicted octanol–water partition coefficient (Wildman–Crippen LogP) is 12.1. The van der Waals surface area contributed by atoms with Crippen LogP contribution in [0.5, 0.6) is 0 Å². The van der Waals surface area contributed by atoms with Crippen LogP contribution < -0.4 is 5.32 Å². The van der Waals surface area contributed by atoms with Gasteiger partial charge in [-0.05, 0) is 83.5 Å². The van der Waals surface area contributed by atoms with Gasteiger partial charge >= 0.3 is 0 Å². The zero-order chi connectivity index (χ0) is 58.8. The smallest absolute Gasteiger partial charge is 0.220 e. The molecule has 2 aliphatic heterocycles. The molecule has 12 atom stereocenters. The van der Waals surface area contributed by atoms with Crippen LogP contribution in [0.25, 0.3) is 0 Å². The fraction of sp³-hybridized carbons (Fsp3) is 0.776. The van der Waals surface area contributed by atoms with Gasteiger partial charge in [-0.2, -0.15) is 0 Å². The first-order valence-corrected chi connectivity index (χ1v) is 32.3. The fourth-order valence-corrected chi connectivity index (χ4v) is 10.1. The number of hydrogen-bond acceptors (Lipinski definition) is 13. The quantitative estimate of drug-likeness (QED) is 0.0204. The minimum absolute atomic E-state index is 0.237. The summed E-state index contributed by atoms with van der Waals surface area (Å²) in [6, 6.07) is -0.957. The van der Waals surface area contributed by atoms with Crippen molar-refractivity contribution in [3.05, 3.63) is 85.1 Å². The Morgan fingerprint density at radius 2 is 0.864 bits per heavy atom. The van der Waals surface area contributed by atoms with Gasteiger partial charge in [0.2, 0.25) is 5.91 Å². The zero-order valence-corrected chi connectivity index (χ0v) is 50.5. The van der Waals surface area contributed by atoms with E-state index in [4.69, 9.17) is 18.9 Å². The number of ether oxygens (including phenoxy) is 4. The second-order valence-electron chi connectivity index (χ2n) is 22.5. The third-order valence-electron chi connectivity index (χ3n) is 15.3. The molecule has 2 saturated heterocycles. The highest BCUT2D eigenvalue weighted by Gasteiger charge is 2.51. The Morgan fingerprint density at radius 1 is 0.457 bits per heavy atom. The van der Waals surface area contributed by atoms with Crippen LogP contribution in [0, 0.1) is 0 Å². The Labute approximate surface area is 491 Å². The highest BCUT2D eigenvalue weighted by Crippen LogP contribution is 2.30. The van der Waals surface area contributed by atoms with E-state index >= 15 is 0 Å². The molecule has 468 valence electrons. The molecule has 2 heterocycles. The molecule has 0 bridgehead atoms. The lowest BCUT2D eigenvalue weighted by Gasteiger charge is -2.46. The summed E-state index contributed by atoms with van der Waals surface area (Å²) in [5.41, 5.74) is 0. The number of rotatable bonds is 51. The summed E-state index contributed by atoms with van der Waals surface area (Å²) in [6.45, 7) is 2.65. The molecule has 0 saturated carbocycles. The van der Waals surface area contributed by atoms with Gasteiger partial charge in [-0.3, -0.25) is 4.79 Å². The number of amides is 1. The summed E-state index contributed by atoms with van der Waals surface area (Å²) in [5.74, 6) is -0.279. The number of nitrogens with one attached hydrogen (secondary N) is 1. The van der Waals surface area contributed by atoms with E-state index in [-0.39, 0.29) is 18.9 Å². The van der Waals surface area contributed by atoms with Crippen LogP contribution in [0.3, 0.4) is 0 Å². The van der Waals surface area contributed by atoms with Crippen molar-refractivity contribution in [1.82, 2.24) is 5.32 Å². The summed E-state index contributed by atoms with van der Waals surface area (Å²) < 4.78 is 22.8. The Hall–Kier alpha value is -2.83. The molecule has 0 radical (unpaired) electrons. The average Bonchev–Trinajstić information content (AvgIpc) is 3.47. The van der Waals surface area contributed by atoms with E-state index in [0.717, 1.165) is 77.0 Å². The van der Waals surface area contributed by atoms with Crippen LogP contribution in [-0.4, -0.2) is 140 Å². The first-order chi connectivity index (χ1) is 39.6. The lowest BCUT2D eigenvalue weighted by molar-refractivity contribution is -0.359. The predicted molar refractivity (Wildman–Crippen MR) is 327 cm³/mol. The lowest BCUT2D eigenvalue weighted by Crippen LogP contribution is -2.65.